The van der Waals surface area contributed by atoms with E-state index in [9.17, 15) is 8.78 Å². The van der Waals surface area contributed by atoms with E-state index in [4.69, 9.17) is 0 Å². The number of ether oxygens (including phenoxy) is 1. The molecule has 0 bridgehead atoms. The van der Waals surface area contributed by atoms with Crippen molar-refractivity contribution < 1.29 is 13.5 Å². The maximum absolute atomic E-state index is 12.4. The van der Waals surface area contributed by atoms with Gasteiger partial charge in [-0.15, -0.1) is 10.2 Å². The maximum Gasteiger partial charge on any atom is 0.387 e. The molecule has 0 saturated carbocycles. The van der Waals surface area contributed by atoms with Crippen LogP contribution in [0.2, 0.25) is 0 Å². The Morgan fingerprint density at radius 2 is 2.06 bits per heavy atom. The Bertz CT molecular complexity index is 1390. The van der Waals surface area contributed by atoms with E-state index in [0.29, 0.717) is 34.7 Å². The number of hydrogen-bond donors (Lipinski definition) is 1. The smallest absolute Gasteiger partial charge is 0.387 e. The van der Waals surface area contributed by atoms with Crippen molar-refractivity contribution in [3.8, 4) is 16.3 Å². The number of fused-ring (bicyclic) bond motifs is 2. The molecule has 0 radical (unpaired) electrons. The first-order valence-corrected chi connectivity index (χ1v) is 9.92. The summed E-state index contributed by atoms with van der Waals surface area (Å²) in [6.45, 7) is -0.675. The predicted molar refractivity (Wildman–Crippen MR) is 110 cm³/mol. The molecule has 5 aromatic rings. The number of alkyl halides is 2. The molecule has 12 heteroatoms. The molecular weight excluding hydrogens is 426 g/mol. The van der Waals surface area contributed by atoms with Gasteiger partial charge in [0.15, 0.2) is 11.5 Å². The first-order chi connectivity index (χ1) is 15.1. The maximum atomic E-state index is 12.4. The van der Waals surface area contributed by atoms with Crippen LogP contribution in [0.3, 0.4) is 0 Å². The lowest BCUT2D eigenvalue weighted by atomic mass is 10.2. The van der Waals surface area contributed by atoms with Gasteiger partial charge in [0.25, 0.3) is 0 Å². The molecule has 31 heavy (non-hydrogen) atoms. The van der Waals surface area contributed by atoms with Crippen molar-refractivity contribution >= 4 is 33.9 Å². The molecule has 0 fully saturated rings. The Balaban J connectivity index is 1.42. The van der Waals surface area contributed by atoms with Crippen molar-refractivity contribution in [3.05, 3.63) is 54.2 Å². The van der Waals surface area contributed by atoms with E-state index < -0.39 is 6.61 Å². The van der Waals surface area contributed by atoms with Crippen LogP contribution in [0.5, 0.6) is 5.75 Å². The fraction of sp³-hybridized carbons (Fsp3) is 0.158. The van der Waals surface area contributed by atoms with Crippen LogP contribution in [0.4, 0.5) is 14.5 Å². The van der Waals surface area contributed by atoms with Gasteiger partial charge in [0.2, 0.25) is 0 Å². The van der Waals surface area contributed by atoms with Crippen molar-refractivity contribution in [3.63, 3.8) is 0 Å². The lowest BCUT2D eigenvalue weighted by molar-refractivity contribution is -0.0499. The number of aryl methyl sites for hydroxylation is 1. The monoisotopic (exact) mass is 440 g/mol. The minimum atomic E-state index is -2.92. The van der Waals surface area contributed by atoms with Gasteiger partial charge in [-0.2, -0.15) is 22.8 Å². The van der Waals surface area contributed by atoms with Gasteiger partial charge >= 0.3 is 6.61 Å². The minimum Gasteiger partial charge on any atom is -0.433 e. The molecule has 0 unspecified atom stereocenters. The fourth-order valence-electron chi connectivity index (χ4n) is 3.06. The van der Waals surface area contributed by atoms with Gasteiger partial charge in [-0.25, -0.2) is 4.98 Å². The third-order valence-electron chi connectivity index (χ3n) is 4.42. The molecule has 156 valence electrons. The first-order valence-electron chi connectivity index (χ1n) is 9.15. The van der Waals surface area contributed by atoms with E-state index in [2.05, 4.69) is 39.7 Å². The van der Waals surface area contributed by atoms with E-state index >= 15 is 0 Å². The second kappa shape index (κ2) is 7.80. The van der Waals surface area contributed by atoms with Gasteiger partial charge in [-0.1, -0.05) is 0 Å². The molecule has 9 nitrogen and oxygen atoms in total. The Kier molecular flexibility index (Phi) is 4.82. The molecule has 1 N–H and O–H groups in total. The minimum absolute atomic E-state index is 0.0503. The number of nitrogens with zero attached hydrogens (tertiary/aromatic N) is 7. The van der Waals surface area contributed by atoms with E-state index in [1.807, 2.05) is 25.1 Å². The number of nitrogens with one attached hydrogen (secondary N) is 1. The number of hydrogen-bond acceptors (Lipinski definition) is 9. The van der Waals surface area contributed by atoms with Crippen molar-refractivity contribution in [2.75, 3.05) is 5.32 Å². The van der Waals surface area contributed by atoms with Gasteiger partial charge in [0.1, 0.15) is 17.0 Å². The third-order valence-corrected chi connectivity index (χ3v) is 5.33. The summed E-state index contributed by atoms with van der Waals surface area (Å²) < 4.78 is 35.2. The quantitative estimate of drug-likeness (QED) is 0.426. The summed E-state index contributed by atoms with van der Waals surface area (Å²) in [6, 6.07) is 8.86. The third kappa shape index (κ3) is 3.84. The zero-order valence-electron chi connectivity index (χ0n) is 16.0. The van der Waals surface area contributed by atoms with Crippen LogP contribution in [0.1, 0.15) is 11.5 Å². The summed E-state index contributed by atoms with van der Waals surface area (Å²) in [5.74, 6) is 0.548. The zero-order valence-corrected chi connectivity index (χ0v) is 16.8. The summed E-state index contributed by atoms with van der Waals surface area (Å²) in [6.07, 6.45) is 2.79. The van der Waals surface area contributed by atoms with Crippen LogP contribution in [0.25, 0.3) is 27.3 Å². The second-order valence-corrected chi connectivity index (χ2v) is 7.37. The molecule has 5 aromatic heterocycles. The molecule has 5 heterocycles. The molecule has 0 atom stereocenters. The number of pyridine rings is 2. The molecule has 0 amide bonds. The van der Waals surface area contributed by atoms with Crippen LogP contribution in [0, 0.1) is 6.92 Å². The SMILES string of the molecule is Cc1cc(-c2ccc3nnc(CNc4ccnc5cc(OC(F)F)cnc45)n3n2)sn1. The lowest BCUT2D eigenvalue weighted by Gasteiger charge is -2.09. The lowest BCUT2D eigenvalue weighted by Crippen LogP contribution is -2.07. The highest BCUT2D eigenvalue weighted by Gasteiger charge is 2.12. The molecule has 0 aliphatic rings. The van der Waals surface area contributed by atoms with Gasteiger partial charge in [-0.05, 0) is 42.7 Å². The Morgan fingerprint density at radius 3 is 2.87 bits per heavy atom. The van der Waals surface area contributed by atoms with Gasteiger partial charge in [0.05, 0.1) is 34.5 Å². The average molecular weight is 440 g/mol. The summed E-state index contributed by atoms with van der Waals surface area (Å²) in [5, 5.41) is 16.2. The van der Waals surface area contributed by atoms with Gasteiger partial charge in [0, 0.05) is 12.3 Å². The molecule has 0 aliphatic carbocycles. The van der Waals surface area contributed by atoms with Crippen molar-refractivity contribution in [1.82, 2.24) is 34.2 Å². The Morgan fingerprint density at radius 1 is 1.16 bits per heavy atom. The topological polar surface area (TPSA) is 103 Å². The highest BCUT2D eigenvalue weighted by atomic mass is 32.1. The van der Waals surface area contributed by atoms with Gasteiger partial charge < -0.3 is 10.1 Å². The summed E-state index contributed by atoms with van der Waals surface area (Å²) in [4.78, 5) is 9.34. The largest absolute Gasteiger partial charge is 0.433 e. The summed E-state index contributed by atoms with van der Waals surface area (Å²) in [5.41, 5.74) is 3.95. The number of halogens is 2. The molecule has 0 aromatic carbocycles. The molecule has 0 aliphatic heterocycles. The number of aromatic nitrogens is 7. The number of anilines is 1. The van der Waals surface area contributed by atoms with Crippen LogP contribution in [-0.2, 0) is 6.54 Å². The Labute approximate surface area is 177 Å². The number of rotatable bonds is 6. The van der Waals surface area contributed by atoms with Crippen molar-refractivity contribution in [1.29, 1.82) is 0 Å². The normalized spacial score (nSPS) is 11.5. The second-order valence-electron chi connectivity index (χ2n) is 6.57. The predicted octanol–water partition coefficient (Wildman–Crippen LogP) is 3.71. The van der Waals surface area contributed by atoms with E-state index in [1.165, 1.54) is 23.8 Å². The molecule has 0 saturated heterocycles. The Hall–Kier alpha value is -3.80. The zero-order chi connectivity index (χ0) is 21.4. The van der Waals surface area contributed by atoms with Crippen LogP contribution in [-0.4, -0.2) is 40.8 Å². The summed E-state index contributed by atoms with van der Waals surface area (Å²) >= 11 is 1.38. The van der Waals surface area contributed by atoms with Crippen LogP contribution >= 0.6 is 11.5 Å². The van der Waals surface area contributed by atoms with E-state index in [-0.39, 0.29) is 5.75 Å². The van der Waals surface area contributed by atoms with Crippen molar-refractivity contribution in [2.45, 2.75) is 20.1 Å². The fourth-order valence-corrected chi connectivity index (χ4v) is 3.78. The first kappa shape index (κ1) is 19.2. The van der Waals surface area contributed by atoms with Crippen LogP contribution < -0.4 is 10.1 Å². The standard InChI is InChI=1S/C19H14F2N8OS/c1-10-6-15(31-28-10)12-2-3-16-25-26-17(29(16)27-12)9-23-13-4-5-22-14-7-11(30-19(20)21)8-24-18(13)14/h2-8,19H,9H2,1H3,(H,22,23). The van der Waals surface area contributed by atoms with Crippen molar-refractivity contribution in [2.24, 2.45) is 0 Å². The summed E-state index contributed by atoms with van der Waals surface area (Å²) in [7, 11) is 0. The van der Waals surface area contributed by atoms with E-state index in [0.717, 1.165) is 16.3 Å². The average Bonchev–Trinajstić information content (AvgIpc) is 3.37. The van der Waals surface area contributed by atoms with Gasteiger partial charge in [-0.3, -0.25) is 4.98 Å². The highest BCUT2D eigenvalue weighted by Crippen LogP contribution is 2.25. The highest BCUT2D eigenvalue weighted by molar-refractivity contribution is 7.09. The van der Waals surface area contributed by atoms with Crippen LogP contribution in [0.15, 0.2) is 42.7 Å². The van der Waals surface area contributed by atoms with E-state index in [1.54, 1.807) is 16.8 Å². The molecule has 0 spiro atoms. The molecular formula is C19H14F2N8OS. The molecule has 5 rings (SSSR count).